The zero-order chi connectivity index (χ0) is 6.81. The third-order valence-corrected chi connectivity index (χ3v) is 2.47. The van der Waals surface area contributed by atoms with Crippen molar-refractivity contribution in [2.24, 2.45) is 5.92 Å². The van der Waals surface area contributed by atoms with Crippen molar-refractivity contribution in [3.8, 4) is 0 Å². The molecule has 1 saturated carbocycles. The number of allylic oxidation sites excluding steroid dienone is 2. The van der Waals surface area contributed by atoms with Crippen LogP contribution in [0, 0.1) is 11.8 Å². The molecule has 1 radical (unpaired) electrons. The van der Waals surface area contributed by atoms with Gasteiger partial charge in [0.1, 0.15) is 0 Å². The minimum atomic E-state index is 1.08. The Labute approximate surface area is 63.3 Å². The van der Waals surface area contributed by atoms with Crippen molar-refractivity contribution in [3.05, 3.63) is 18.1 Å². The molecule has 2 aliphatic carbocycles. The molecule has 0 aliphatic heterocycles. The second-order valence-corrected chi connectivity index (χ2v) is 3.60. The Morgan fingerprint density at radius 1 is 1.40 bits per heavy atom. The van der Waals surface area contributed by atoms with Crippen LogP contribution in [0.2, 0.25) is 0 Å². The third kappa shape index (κ3) is 1.62. The van der Waals surface area contributed by atoms with Gasteiger partial charge in [0.25, 0.3) is 0 Å². The molecule has 0 heterocycles. The van der Waals surface area contributed by atoms with E-state index in [1.165, 1.54) is 38.5 Å². The van der Waals surface area contributed by atoms with Gasteiger partial charge in [-0.15, -0.1) is 0 Å². The van der Waals surface area contributed by atoms with Crippen molar-refractivity contribution in [3.63, 3.8) is 0 Å². The highest BCUT2D eigenvalue weighted by molar-refractivity contribution is 5.14. The molecule has 1 fully saturated rings. The summed E-state index contributed by atoms with van der Waals surface area (Å²) < 4.78 is 0. The molecule has 2 rings (SSSR count). The highest BCUT2D eigenvalue weighted by Gasteiger charge is 2.24. The van der Waals surface area contributed by atoms with Gasteiger partial charge in [-0.25, -0.2) is 0 Å². The van der Waals surface area contributed by atoms with Gasteiger partial charge in [0, 0.05) is 0 Å². The maximum absolute atomic E-state index is 2.36. The summed E-state index contributed by atoms with van der Waals surface area (Å²) in [4.78, 5) is 0. The van der Waals surface area contributed by atoms with Crippen molar-refractivity contribution >= 4 is 0 Å². The highest BCUT2D eigenvalue weighted by Crippen LogP contribution is 2.38. The molecule has 10 heavy (non-hydrogen) atoms. The summed E-state index contributed by atoms with van der Waals surface area (Å²) in [6.45, 7) is 0. The van der Waals surface area contributed by atoms with Gasteiger partial charge in [0.05, 0.1) is 0 Å². The minimum absolute atomic E-state index is 1.08. The first-order valence-corrected chi connectivity index (χ1v) is 4.46. The molecule has 2 aliphatic rings. The molecule has 0 atom stereocenters. The van der Waals surface area contributed by atoms with Crippen molar-refractivity contribution in [2.75, 3.05) is 0 Å². The molecule has 0 aromatic rings. The van der Waals surface area contributed by atoms with E-state index >= 15 is 0 Å². The summed E-state index contributed by atoms with van der Waals surface area (Å²) in [7, 11) is 0. The van der Waals surface area contributed by atoms with Gasteiger partial charge in [0.15, 0.2) is 0 Å². The molecule has 0 N–H and O–H groups in total. The van der Waals surface area contributed by atoms with Gasteiger partial charge in [-0.1, -0.05) is 25.0 Å². The molecule has 0 bridgehead atoms. The largest absolute Gasteiger partial charge is 0.0879 e. The Bertz CT molecular complexity index is 131. The first-order valence-electron chi connectivity index (χ1n) is 4.46. The fraction of sp³-hybridized carbons (Fsp3) is 0.700. The van der Waals surface area contributed by atoms with Crippen molar-refractivity contribution in [1.82, 2.24) is 0 Å². The zero-order valence-corrected chi connectivity index (χ0v) is 6.47. The minimum Gasteiger partial charge on any atom is -0.0879 e. The summed E-state index contributed by atoms with van der Waals surface area (Å²) in [5.74, 6) is 2.80. The van der Waals surface area contributed by atoms with Crippen LogP contribution in [0.15, 0.2) is 12.2 Å². The average molecular weight is 135 g/mol. The van der Waals surface area contributed by atoms with Crippen LogP contribution in [-0.4, -0.2) is 0 Å². The van der Waals surface area contributed by atoms with Gasteiger partial charge in [0.2, 0.25) is 0 Å². The van der Waals surface area contributed by atoms with Crippen LogP contribution in [0.1, 0.15) is 38.5 Å². The Hall–Kier alpha value is -0.260. The standard InChI is InChI=1S/C10H15/c1-2-4-9(5-3-1)8-10-6-7-10/h2,4,10H,1,3,5-8H2. The van der Waals surface area contributed by atoms with E-state index in [0.29, 0.717) is 0 Å². The van der Waals surface area contributed by atoms with Gasteiger partial charge < -0.3 is 0 Å². The van der Waals surface area contributed by atoms with Crippen LogP contribution < -0.4 is 0 Å². The van der Waals surface area contributed by atoms with Gasteiger partial charge in [-0.05, 0) is 37.5 Å². The second-order valence-electron chi connectivity index (χ2n) is 3.60. The monoisotopic (exact) mass is 135 g/mol. The Balaban J connectivity index is 1.78. The van der Waals surface area contributed by atoms with Crippen molar-refractivity contribution in [1.29, 1.82) is 0 Å². The van der Waals surface area contributed by atoms with Crippen LogP contribution in [0.3, 0.4) is 0 Å². The van der Waals surface area contributed by atoms with Crippen LogP contribution in [-0.2, 0) is 0 Å². The van der Waals surface area contributed by atoms with Gasteiger partial charge >= 0.3 is 0 Å². The van der Waals surface area contributed by atoms with Crippen molar-refractivity contribution < 1.29 is 0 Å². The fourth-order valence-corrected chi connectivity index (χ4v) is 1.64. The lowest BCUT2D eigenvalue weighted by Gasteiger charge is -2.14. The predicted octanol–water partition coefficient (Wildman–Crippen LogP) is 3.10. The van der Waals surface area contributed by atoms with Gasteiger partial charge in [-0.3, -0.25) is 0 Å². The number of hydrogen-bond donors (Lipinski definition) is 0. The van der Waals surface area contributed by atoms with Crippen LogP contribution in [0.5, 0.6) is 0 Å². The van der Waals surface area contributed by atoms with E-state index in [1.807, 2.05) is 0 Å². The summed E-state index contributed by atoms with van der Waals surface area (Å²) in [5, 5.41) is 0. The first-order chi connectivity index (χ1) is 4.95. The van der Waals surface area contributed by atoms with E-state index in [2.05, 4.69) is 12.2 Å². The lowest BCUT2D eigenvalue weighted by atomic mass is 9.91. The zero-order valence-electron chi connectivity index (χ0n) is 6.47. The fourth-order valence-electron chi connectivity index (χ4n) is 1.64. The quantitative estimate of drug-likeness (QED) is 0.545. The predicted molar refractivity (Wildman–Crippen MR) is 43.6 cm³/mol. The maximum Gasteiger partial charge on any atom is -0.00245 e. The summed E-state index contributed by atoms with van der Waals surface area (Å²) >= 11 is 0. The first kappa shape index (κ1) is 6.45. The Kier molecular flexibility index (Phi) is 1.79. The summed E-state index contributed by atoms with van der Waals surface area (Å²) in [6.07, 6.45) is 13.2. The van der Waals surface area contributed by atoms with E-state index < -0.39 is 0 Å². The van der Waals surface area contributed by atoms with E-state index in [9.17, 15) is 0 Å². The molecule has 55 valence electrons. The molecule has 0 amide bonds. The van der Waals surface area contributed by atoms with E-state index in [1.54, 1.807) is 5.92 Å². The second kappa shape index (κ2) is 2.77. The third-order valence-electron chi connectivity index (χ3n) is 2.47. The number of hydrogen-bond acceptors (Lipinski definition) is 0. The van der Waals surface area contributed by atoms with E-state index in [4.69, 9.17) is 0 Å². The summed E-state index contributed by atoms with van der Waals surface area (Å²) in [6, 6.07) is 0. The molecule has 0 aromatic heterocycles. The number of rotatable bonds is 2. The molecular formula is C10H15. The average Bonchev–Trinajstić information content (AvgIpc) is 2.74. The lowest BCUT2D eigenvalue weighted by molar-refractivity contribution is 0.656. The van der Waals surface area contributed by atoms with E-state index in [0.717, 1.165) is 5.92 Å². The normalized spacial score (nSPS) is 27.2. The smallest absolute Gasteiger partial charge is 0.00245 e. The maximum atomic E-state index is 2.36. The highest BCUT2D eigenvalue weighted by atomic mass is 14.3. The SMILES string of the molecule is C1=C[C](CC2CC2)CCC1. The molecule has 0 unspecified atom stereocenters. The topological polar surface area (TPSA) is 0 Å². The van der Waals surface area contributed by atoms with Crippen LogP contribution in [0.4, 0.5) is 0 Å². The van der Waals surface area contributed by atoms with Crippen LogP contribution in [0.25, 0.3) is 0 Å². The van der Waals surface area contributed by atoms with Gasteiger partial charge in [-0.2, -0.15) is 0 Å². The Morgan fingerprint density at radius 2 is 2.30 bits per heavy atom. The van der Waals surface area contributed by atoms with E-state index in [-0.39, 0.29) is 0 Å². The molecular weight excluding hydrogens is 120 g/mol. The molecule has 0 nitrogen and oxygen atoms in total. The molecule has 0 aromatic carbocycles. The molecule has 0 heteroatoms. The lowest BCUT2D eigenvalue weighted by Crippen LogP contribution is -1.98. The van der Waals surface area contributed by atoms with Crippen LogP contribution >= 0.6 is 0 Å². The van der Waals surface area contributed by atoms with Crippen molar-refractivity contribution in [2.45, 2.75) is 38.5 Å². The Morgan fingerprint density at radius 3 is 2.90 bits per heavy atom. The summed E-state index contributed by atoms with van der Waals surface area (Å²) in [5.41, 5.74) is 0. The molecule has 0 spiro atoms. The molecule has 0 saturated heterocycles.